The van der Waals surface area contributed by atoms with E-state index in [1.54, 1.807) is 13.2 Å². The van der Waals surface area contributed by atoms with Crippen molar-refractivity contribution in [3.63, 3.8) is 0 Å². The molecule has 3 aliphatic carbocycles. The molecule has 6 unspecified atom stereocenters. The number of benzene rings is 1. The van der Waals surface area contributed by atoms with Gasteiger partial charge >= 0.3 is 0 Å². The summed E-state index contributed by atoms with van der Waals surface area (Å²) >= 11 is 0. The van der Waals surface area contributed by atoms with Crippen LogP contribution in [-0.2, 0) is 14.4 Å². The Morgan fingerprint density at radius 1 is 1.11 bits per heavy atom. The summed E-state index contributed by atoms with van der Waals surface area (Å²) in [5, 5.41) is 24.4. The van der Waals surface area contributed by atoms with Crippen LogP contribution >= 0.6 is 0 Å². The molecular weight excluding hydrogens is 670 g/mol. The number of ether oxygens (including phenoxy) is 3. The lowest BCUT2D eigenvalue weighted by molar-refractivity contribution is -0.257. The molecule has 5 aliphatic rings. The Morgan fingerprint density at radius 2 is 1.89 bits per heavy atom. The van der Waals surface area contributed by atoms with Gasteiger partial charge in [-0.15, -0.1) is 6.58 Å². The Balaban J connectivity index is 1.49. The molecule has 2 heterocycles. The van der Waals surface area contributed by atoms with Crippen LogP contribution in [0.4, 0.5) is 0 Å². The van der Waals surface area contributed by atoms with Crippen molar-refractivity contribution in [1.29, 1.82) is 0 Å². The van der Waals surface area contributed by atoms with E-state index in [-0.39, 0.29) is 49.4 Å². The summed E-state index contributed by atoms with van der Waals surface area (Å²) in [6.45, 7) is 11.1. The SMILES string of the molecule is C=CCOC12Oc3ccc(OCCN4CC4)cc3C3C(CCCCO)C(CCCCO)C=C(C(=NOC)CC1N(CCC)C(=O)CCC1CCCC1)C32. The standard InChI is InChI=1S/C43H65N3O7/c1-4-20-46(40(49)19-16-31-12-6-7-13-31)39-30-37(44-50-3)35-28-32(14-8-10-24-47)34(15-9-11-25-48)41-36-29-33(51-27-23-45-21-22-45)17-18-38(36)53-43(39,42(35)41)52-26-5-2/h5,17-18,28-29,31-32,34,39,41-42,47-48H,2,4,6-16,19-27,30H2,1,3H3. The van der Waals surface area contributed by atoms with Crippen LogP contribution in [0.2, 0.25) is 0 Å². The third-order valence-electron chi connectivity index (χ3n) is 12.5. The first-order valence-corrected chi connectivity index (χ1v) is 20.7. The highest BCUT2D eigenvalue weighted by Crippen LogP contribution is 2.62. The number of allylic oxidation sites excluding steroid dienone is 1. The Kier molecular flexibility index (Phi) is 14.3. The van der Waals surface area contributed by atoms with Crippen LogP contribution in [0.1, 0.15) is 108 Å². The van der Waals surface area contributed by atoms with E-state index in [0.717, 1.165) is 99.3 Å². The van der Waals surface area contributed by atoms with Gasteiger partial charge in [0.2, 0.25) is 11.7 Å². The number of amides is 1. The summed E-state index contributed by atoms with van der Waals surface area (Å²) < 4.78 is 20.8. The highest BCUT2D eigenvalue weighted by atomic mass is 16.7. The van der Waals surface area contributed by atoms with E-state index in [2.05, 4.69) is 35.4 Å². The van der Waals surface area contributed by atoms with Gasteiger partial charge in [0.1, 0.15) is 31.3 Å². The second kappa shape index (κ2) is 19.1. The van der Waals surface area contributed by atoms with Crippen molar-refractivity contribution in [2.45, 2.75) is 115 Å². The molecule has 6 atom stereocenters. The van der Waals surface area contributed by atoms with Crippen molar-refractivity contribution in [2.75, 3.05) is 59.7 Å². The zero-order chi connectivity index (χ0) is 37.2. The Morgan fingerprint density at radius 3 is 2.58 bits per heavy atom. The fraction of sp³-hybridized carbons (Fsp3) is 0.721. The molecule has 1 amide bonds. The molecule has 6 rings (SSSR count). The van der Waals surface area contributed by atoms with Gasteiger partial charge in [-0.3, -0.25) is 9.69 Å². The molecule has 2 N–H and O–H groups in total. The summed E-state index contributed by atoms with van der Waals surface area (Å²) in [6, 6.07) is 5.79. The number of fused-ring (bicyclic) bond motifs is 2. The number of nitrogens with zero attached hydrogens (tertiary/aromatic N) is 3. The fourth-order valence-electron chi connectivity index (χ4n) is 9.90. The van der Waals surface area contributed by atoms with Gasteiger partial charge in [-0.1, -0.05) is 62.8 Å². The number of rotatable bonds is 22. The maximum absolute atomic E-state index is 14.5. The molecule has 2 aliphatic heterocycles. The van der Waals surface area contributed by atoms with Gasteiger partial charge in [0.05, 0.1) is 18.2 Å². The highest BCUT2D eigenvalue weighted by Gasteiger charge is 2.65. The molecule has 10 heteroatoms. The minimum Gasteiger partial charge on any atom is -0.492 e. The lowest BCUT2D eigenvalue weighted by Crippen LogP contribution is -2.70. The van der Waals surface area contributed by atoms with E-state index in [9.17, 15) is 15.0 Å². The number of hydrogen-bond acceptors (Lipinski definition) is 9. The molecule has 0 radical (unpaired) electrons. The molecule has 3 fully saturated rings. The average Bonchev–Trinajstić information content (AvgIpc) is 3.84. The topological polar surface area (TPSA) is 113 Å². The smallest absolute Gasteiger partial charge is 0.239 e. The number of oxime groups is 1. The number of unbranched alkanes of at least 4 members (excludes halogenated alkanes) is 2. The highest BCUT2D eigenvalue weighted by molar-refractivity contribution is 6.03. The normalized spacial score (nSPS) is 28.5. The molecule has 294 valence electrons. The molecular formula is C43H65N3O7. The first kappa shape index (κ1) is 39.8. The van der Waals surface area contributed by atoms with E-state index in [0.29, 0.717) is 31.9 Å². The number of aliphatic hydroxyl groups is 2. The van der Waals surface area contributed by atoms with E-state index in [1.807, 2.05) is 12.1 Å². The molecule has 10 nitrogen and oxygen atoms in total. The van der Waals surface area contributed by atoms with E-state index < -0.39 is 11.8 Å². The lowest BCUT2D eigenvalue weighted by Gasteiger charge is -2.60. The second-order valence-corrected chi connectivity index (χ2v) is 15.9. The van der Waals surface area contributed by atoms with E-state index in [1.165, 1.54) is 25.7 Å². The van der Waals surface area contributed by atoms with Gasteiger partial charge in [0, 0.05) is 63.7 Å². The lowest BCUT2D eigenvalue weighted by atomic mass is 9.55. The number of carbonyl (C=O) groups is 1. The minimum absolute atomic E-state index is 0.0426. The van der Waals surface area contributed by atoms with E-state index >= 15 is 0 Å². The van der Waals surface area contributed by atoms with Crippen molar-refractivity contribution >= 4 is 11.6 Å². The average molecular weight is 736 g/mol. The van der Waals surface area contributed by atoms with Crippen LogP contribution in [-0.4, -0.2) is 103 Å². The molecule has 1 saturated heterocycles. The third-order valence-corrected chi connectivity index (χ3v) is 12.5. The largest absolute Gasteiger partial charge is 0.492 e. The van der Waals surface area contributed by atoms with Crippen LogP contribution in [0.3, 0.4) is 0 Å². The van der Waals surface area contributed by atoms with Crippen LogP contribution in [0.25, 0.3) is 0 Å². The van der Waals surface area contributed by atoms with Gasteiger partial charge in [0.15, 0.2) is 0 Å². The zero-order valence-corrected chi connectivity index (χ0v) is 32.4. The molecule has 53 heavy (non-hydrogen) atoms. The minimum atomic E-state index is -1.20. The molecule has 1 aromatic carbocycles. The Hall–Kier alpha value is -2.92. The zero-order valence-electron chi connectivity index (χ0n) is 32.4. The Labute approximate surface area is 317 Å². The quantitative estimate of drug-likeness (QED) is 0.0576. The van der Waals surface area contributed by atoms with Gasteiger partial charge < -0.3 is 34.2 Å². The second-order valence-electron chi connectivity index (χ2n) is 15.9. The number of carbonyl (C=O) groups excluding carboxylic acids is 1. The maximum Gasteiger partial charge on any atom is 0.239 e. The van der Waals surface area contributed by atoms with Gasteiger partial charge in [-0.25, -0.2) is 0 Å². The van der Waals surface area contributed by atoms with Gasteiger partial charge in [-0.05, 0) is 80.1 Å². The number of hydrogen-bond donors (Lipinski definition) is 2. The molecule has 1 aromatic rings. The molecule has 0 spiro atoms. The molecule has 0 bridgehead atoms. The Bertz CT molecular complexity index is 1420. The van der Waals surface area contributed by atoms with E-state index in [4.69, 9.17) is 24.2 Å². The predicted octanol–water partition coefficient (Wildman–Crippen LogP) is 6.85. The van der Waals surface area contributed by atoms with Gasteiger partial charge in [0.25, 0.3) is 0 Å². The first-order chi connectivity index (χ1) is 26.0. The van der Waals surface area contributed by atoms with Crippen molar-refractivity contribution in [3.05, 3.63) is 48.1 Å². The molecule has 0 aromatic heterocycles. The van der Waals surface area contributed by atoms with Crippen molar-refractivity contribution in [2.24, 2.45) is 28.8 Å². The number of aliphatic hydroxyl groups excluding tert-OH is 2. The van der Waals surface area contributed by atoms with Crippen LogP contribution in [0.5, 0.6) is 11.5 Å². The summed E-state index contributed by atoms with van der Waals surface area (Å²) in [7, 11) is 1.60. The van der Waals surface area contributed by atoms with Crippen molar-refractivity contribution in [1.82, 2.24) is 9.80 Å². The maximum atomic E-state index is 14.5. The fourth-order valence-corrected chi connectivity index (χ4v) is 9.90. The summed E-state index contributed by atoms with van der Waals surface area (Å²) in [4.78, 5) is 24.5. The van der Waals surface area contributed by atoms with Crippen LogP contribution in [0.15, 0.2) is 47.7 Å². The van der Waals surface area contributed by atoms with Crippen LogP contribution < -0.4 is 9.47 Å². The third kappa shape index (κ3) is 9.14. The van der Waals surface area contributed by atoms with Crippen molar-refractivity contribution < 1.29 is 34.1 Å². The summed E-state index contributed by atoms with van der Waals surface area (Å²) in [5.41, 5.74) is 3.00. The molecule has 2 saturated carbocycles. The summed E-state index contributed by atoms with van der Waals surface area (Å²) in [6.07, 6.45) is 16.9. The first-order valence-electron chi connectivity index (χ1n) is 20.7. The van der Waals surface area contributed by atoms with Crippen LogP contribution in [0, 0.1) is 23.7 Å². The van der Waals surface area contributed by atoms with Crippen molar-refractivity contribution in [3.8, 4) is 11.5 Å². The predicted molar refractivity (Wildman–Crippen MR) is 207 cm³/mol. The van der Waals surface area contributed by atoms with Gasteiger partial charge in [-0.2, -0.15) is 0 Å². The monoisotopic (exact) mass is 735 g/mol. The summed E-state index contributed by atoms with van der Waals surface area (Å²) in [5.74, 6) is 1.21.